The van der Waals surface area contributed by atoms with Gasteiger partial charge in [-0.1, -0.05) is 12.1 Å². The molecule has 3 rings (SSSR count). The molecule has 0 fully saturated rings. The van der Waals surface area contributed by atoms with Crippen molar-refractivity contribution < 1.29 is 18.7 Å². The van der Waals surface area contributed by atoms with Gasteiger partial charge in [-0.25, -0.2) is 9.18 Å². The summed E-state index contributed by atoms with van der Waals surface area (Å²) < 4.78 is 23.7. The highest BCUT2D eigenvalue weighted by Gasteiger charge is 2.18. The van der Waals surface area contributed by atoms with Crippen LogP contribution in [0.2, 0.25) is 0 Å². The minimum atomic E-state index is -0.442. The van der Waals surface area contributed by atoms with Gasteiger partial charge in [-0.05, 0) is 47.3 Å². The first-order valence-corrected chi connectivity index (χ1v) is 8.12. The van der Waals surface area contributed by atoms with E-state index >= 15 is 0 Å². The Kier molecular flexibility index (Phi) is 4.62. The number of benzene rings is 2. The van der Waals surface area contributed by atoms with E-state index in [2.05, 4.69) is 0 Å². The van der Waals surface area contributed by atoms with Gasteiger partial charge < -0.3 is 9.47 Å². The van der Waals surface area contributed by atoms with Gasteiger partial charge in [0.05, 0.1) is 19.8 Å². The molecule has 122 valence electrons. The normalized spacial score (nSPS) is 10.5. The highest BCUT2D eigenvalue weighted by Crippen LogP contribution is 2.39. The standard InChI is InChI=1S/C19H15FO3S/c1-22-14-6-7-16(17(11-14)19(21)23-2)18-15(8-9-24-18)12-4-3-5-13(20)10-12/h3-11H,1-2H3. The van der Waals surface area contributed by atoms with Crippen LogP contribution in [0.15, 0.2) is 53.9 Å². The molecule has 24 heavy (non-hydrogen) atoms. The van der Waals surface area contributed by atoms with E-state index in [1.165, 1.54) is 30.6 Å². The Hall–Kier alpha value is -2.66. The molecule has 3 nitrogen and oxygen atoms in total. The number of carbonyl (C=O) groups is 1. The SMILES string of the molecule is COC(=O)c1cc(OC)ccc1-c1sccc1-c1cccc(F)c1. The van der Waals surface area contributed by atoms with E-state index in [4.69, 9.17) is 9.47 Å². The van der Waals surface area contributed by atoms with Crippen LogP contribution in [0.1, 0.15) is 10.4 Å². The van der Waals surface area contributed by atoms with Crippen LogP contribution >= 0.6 is 11.3 Å². The van der Waals surface area contributed by atoms with E-state index in [9.17, 15) is 9.18 Å². The fraction of sp³-hybridized carbons (Fsp3) is 0.105. The quantitative estimate of drug-likeness (QED) is 0.625. The number of methoxy groups -OCH3 is 2. The van der Waals surface area contributed by atoms with Gasteiger partial charge >= 0.3 is 5.97 Å². The van der Waals surface area contributed by atoms with Crippen molar-refractivity contribution in [2.75, 3.05) is 14.2 Å². The monoisotopic (exact) mass is 342 g/mol. The van der Waals surface area contributed by atoms with Crippen molar-refractivity contribution in [3.05, 3.63) is 65.3 Å². The Balaban J connectivity index is 2.17. The Bertz CT molecular complexity index is 886. The Labute approximate surface area is 143 Å². The summed E-state index contributed by atoms with van der Waals surface area (Å²) in [5.74, 6) is -0.168. The van der Waals surface area contributed by atoms with Crippen molar-refractivity contribution >= 4 is 17.3 Å². The summed E-state index contributed by atoms with van der Waals surface area (Å²) in [6.07, 6.45) is 0. The number of ether oxygens (including phenoxy) is 2. The lowest BCUT2D eigenvalue weighted by atomic mass is 9.99. The number of esters is 1. The summed E-state index contributed by atoms with van der Waals surface area (Å²) in [7, 11) is 2.88. The van der Waals surface area contributed by atoms with Crippen LogP contribution in [0.4, 0.5) is 4.39 Å². The maximum atomic E-state index is 13.6. The van der Waals surface area contributed by atoms with E-state index in [-0.39, 0.29) is 5.82 Å². The minimum Gasteiger partial charge on any atom is -0.497 e. The molecule has 5 heteroatoms. The van der Waals surface area contributed by atoms with E-state index < -0.39 is 5.97 Å². The van der Waals surface area contributed by atoms with Crippen LogP contribution in [0.5, 0.6) is 5.75 Å². The first-order valence-electron chi connectivity index (χ1n) is 7.24. The highest BCUT2D eigenvalue weighted by atomic mass is 32.1. The average molecular weight is 342 g/mol. The molecule has 2 aromatic carbocycles. The highest BCUT2D eigenvalue weighted by molar-refractivity contribution is 7.14. The van der Waals surface area contributed by atoms with Crippen LogP contribution in [0.3, 0.4) is 0 Å². The fourth-order valence-corrected chi connectivity index (χ4v) is 3.49. The first kappa shape index (κ1) is 16.2. The van der Waals surface area contributed by atoms with Crippen molar-refractivity contribution in [2.24, 2.45) is 0 Å². The van der Waals surface area contributed by atoms with E-state index in [1.54, 1.807) is 25.3 Å². The topological polar surface area (TPSA) is 35.5 Å². The van der Waals surface area contributed by atoms with Crippen LogP contribution in [0, 0.1) is 5.82 Å². The van der Waals surface area contributed by atoms with Crippen molar-refractivity contribution in [3.8, 4) is 27.3 Å². The summed E-state index contributed by atoms with van der Waals surface area (Å²) in [6.45, 7) is 0. The molecule has 1 heterocycles. The van der Waals surface area contributed by atoms with Gasteiger partial charge in [0, 0.05) is 16.0 Å². The van der Waals surface area contributed by atoms with Crippen molar-refractivity contribution in [1.82, 2.24) is 0 Å². The number of hydrogen-bond acceptors (Lipinski definition) is 4. The Morgan fingerprint density at radius 3 is 2.58 bits per heavy atom. The zero-order valence-electron chi connectivity index (χ0n) is 13.2. The van der Waals surface area contributed by atoms with Gasteiger partial charge in [-0.2, -0.15) is 0 Å². The molecule has 0 saturated carbocycles. The zero-order chi connectivity index (χ0) is 17.1. The Morgan fingerprint density at radius 1 is 1.04 bits per heavy atom. The predicted molar refractivity (Wildman–Crippen MR) is 93.0 cm³/mol. The van der Waals surface area contributed by atoms with E-state index in [0.717, 1.165) is 21.6 Å². The van der Waals surface area contributed by atoms with Crippen LogP contribution in [0.25, 0.3) is 21.6 Å². The third-order valence-electron chi connectivity index (χ3n) is 3.68. The number of halogens is 1. The lowest BCUT2D eigenvalue weighted by Gasteiger charge is -2.11. The minimum absolute atomic E-state index is 0.299. The lowest BCUT2D eigenvalue weighted by Crippen LogP contribution is -2.04. The van der Waals surface area contributed by atoms with E-state index in [1.807, 2.05) is 23.6 Å². The van der Waals surface area contributed by atoms with Gasteiger partial charge in [0.2, 0.25) is 0 Å². The average Bonchev–Trinajstić information content (AvgIpc) is 3.10. The molecule has 0 atom stereocenters. The molecule has 0 spiro atoms. The molecule has 0 N–H and O–H groups in total. The first-order chi connectivity index (χ1) is 11.6. The van der Waals surface area contributed by atoms with Crippen LogP contribution in [-0.4, -0.2) is 20.2 Å². The van der Waals surface area contributed by atoms with Gasteiger partial charge in [0.15, 0.2) is 0 Å². The second-order valence-corrected chi connectivity index (χ2v) is 5.99. The molecule has 0 saturated heterocycles. The van der Waals surface area contributed by atoms with Crippen molar-refractivity contribution in [2.45, 2.75) is 0 Å². The van der Waals surface area contributed by atoms with E-state index in [0.29, 0.717) is 11.3 Å². The summed E-state index contributed by atoms with van der Waals surface area (Å²) in [5.41, 5.74) is 2.78. The molecule has 0 bridgehead atoms. The van der Waals surface area contributed by atoms with Crippen molar-refractivity contribution in [1.29, 1.82) is 0 Å². The molecule has 3 aromatic rings. The second-order valence-electron chi connectivity index (χ2n) is 5.08. The lowest BCUT2D eigenvalue weighted by molar-refractivity contribution is 0.0601. The maximum absolute atomic E-state index is 13.6. The zero-order valence-corrected chi connectivity index (χ0v) is 14.0. The number of thiophene rings is 1. The molecule has 0 aliphatic heterocycles. The molecule has 0 amide bonds. The molecule has 0 aliphatic rings. The second kappa shape index (κ2) is 6.84. The van der Waals surface area contributed by atoms with Gasteiger partial charge in [0.25, 0.3) is 0 Å². The third-order valence-corrected chi connectivity index (χ3v) is 4.63. The number of hydrogen-bond donors (Lipinski definition) is 0. The largest absolute Gasteiger partial charge is 0.497 e. The molecule has 0 aliphatic carbocycles. The Morgan fingerprint density at radius 2 is 1.88 bits per heavy atom. The van der Waals surface area contributed by atoms with Gasteiger partial charge in [-0.3, -0.25) is 0 Å². The molecular formula is C19H15FO3S. The van der Waals surface area contributed by atoms with Crippen molar-refractivity contribution in [3.63, 3.8) is 0 Å². The molecule has 1 aromatic heterocycles. The van der Waals surface area contributed by atoms with Crippen LogP contribution < -0.4 is 4.74 Å². The summed E-state index contributed by atoms with van der Waals surface area (Å²) in [4.78, 5) is 13.0. The third kappa shape index (κ3) is 3.03. The smallest absolute Gasteiger partial charge is 0.338 e. The van der Waals surface area contributed by atoms with Crippen LogP contribution in [-0.2, 0) is 4.74 Å². The van der Waals surface area contributed by atoms with Gasteiger partial charge in [-0.15, -0.1) is 11.3 Å². The summed E-state index contributed by atoms with van der Waals surface area (Å²) >= 11 is 1.49. The number of carbonyl (C=O) groups excluding carboxylic acids is 1. The molecule has 0 radical (unpaired) electrons. The summed E-state index contributed by atoms with van der Waals surface area (Å²) in [6, 6.07) is 13.6. The molecular weight excluding hydrogens is 327 g/mol. The maximum Gasteiger partial charge on any atom is 0.338 e. The predicted octanol–water partition coefficient (Wildman–Crippen LogP) is 5.02. The molecule has 0 unspecified atom stereocenters. The fourth-order valence-electron chi connectivity index (χ4n) is 2.53. The van der Waals surface area contributed by atoms with Gasteiger partial charge in [0.1, 0.15) is 11.6 Å². The number of rotatable bonds is 4. The summed E-state index contributed by atoms with van der Waals surface area (Å²) in [5, 5.41) is 1.92.